The standard InChI is InChI=1S/C28H34FN5O2/c1-20-6-11-24-23(19-20)26(34-14-3-5-25(34)35)27(31(24)2)28(36)30-12-4-13-32-15-17-33(18-16-32)22-9-7-21(29)8-10-22/h6-11,19H,3-5,12-18H2,1-2H3,(H,30,36). The minimum Gasteiger partial charge on any atom is -0.369 e. The van der Waals surface area contributed by atoms with E-state index in [1.165, 1.54) is 12.1 Å². The molecule has 0 unspecified atom stereocenters. The van der Waals surface area contributed by atoms with Crippen molar-refractivity contribution in [3.63, 3.8) is 0 Å². The molecule has 5 rings (SSSR count). The highest BCUT2D eigenvalue weighted by molar-refractivity contribution is 6.14. The molecule has 2 fully saturated rings. The van der Waals surface area contributed by atoms with Crippen LogP contribution in [0.1, 0.15) is 35.3 Å². The van der Waals surface area contributed by atoms with Crippen molar-refractivity contribution in [3.8, 4) is 0 Å². The monoisotopic (exact) mass is 491 g/mol. The Balaban J connectivity index is 1.19. The van der Waals surface area contributed by atoms with Crippen LogP contribution in [0.4, 0.5) is 15.8 Å². The molecule has 8 heteroatoms. The molecule has 2 aliphatic rings. The van der Waals surface area contributed by atoms with Crippen LogP contribution in [0.15, 0.2) is 42.5 Å². The predicted molar refractivity (Wildman–Crippen MR) is 141 cm³/mol. The number of aromatic nitrogens is 1. The quantitative estimate of drug-likeness (QED) is 0.512. The van der Waals surface area contributed by atoms with Crippen LogP contribution in [0.25, 0.3) is 10.9 Å². The molecular formula is C28H34FN5O2. The predicted octanol–water partition coefficient (Wildman–Crippen LogP) is 3.69. The van der Waals surface area contributed by atoms with Gasteiger partial charge in [-0.2, -0.15) is 0 Å². The van der Waals surface area contributed by atoms with Gasteiger partial charge in [0.2, 0.25) is 5.91 Å². The lowest BCUT2D eigenvalue weighted by atomic mass is 10.1. The summed E-state index contributed by atoms with van der Waals surface area (Å²) in [6.45, 7) is 7.84. The fourth-order valence-corrected chi connectivity index (χ4v) is 5.43. The first-order chi connectivity index (χ1) is 17.4. The van der Waals surface area contributed by atoms with Gasteiger partial charge in [0.25, 0.3) is 5.91 Å². The van der Waals surface area contributed by atoms with Gasteiger partial charge in [0, 0.05) is 63.8 Å². The Morgan fingerprint density at radius 2 is 1.78 bits per heavy atom. The average molecular weight is 492 g/mol. The van der Waals surface area contributed by atoms with Crippen LogP contribution in [0.5, 0.6) is 0 Å². The Bertz CT molecular complexity index is 1260. The van der Waals surface area contributed by atoms with Crippen molar-refractivity contribution in [1.29, 1.82) is 0 Å². The summed E-state index contributed by atoms with van der Waals surface area (Å²) in [7, 11) is 1.90. The Hall–Kier alpha value is -3.39. The van der Waals surface area contributed by atoms with Crippen LogP contribution >= 0.6 is 0 Å². The lowest BCUT2D eigenvalue weighted by Gasteiger charge is -2.36. The highest BCUT2D eigenvalue weighted by Gasteiger charge is 2.31. The fraction of sp³-hybridized carbons (Fsp3) is 0.429. The summed E-state index contributed by atoms with van der Waals surface area (Å²) < 4.78 is 15.1. The Morgan fingerprint density at radius 1 is 1.03 bits per heavy atom. The maximum atomic E-state index is 13.4. The summed E-state index contributed by atoms with van der Waals surface area (Å²) in [6, 6.07) is 12.8. The van der Waals surface area contributed by atoms with Crippen LogP contribution in [-0.4, -0.2) is 67.1 Å². The normalized spacial score (nSPS) is 16.8. The highest BCUT2D eigenvalue weighted by atomic mass is 19.1. The van der Waals surface area contributed by atoms with Crippen molar-refractivity contribution in [3.05, 3.63) is 59.5 Å². The molecule has 7 nitrogen and oxygen atoms in total. The van der Waals surface area contributed by atoms with Gasteiger partial charge in [-0.15, -0.1) is 0 Å². The second kappa shape index (κ2) is 10.3. The molecule has 0 bridgehead atoms. The zero-order valence-electron chi connectivity index (χ0n) is 21.1. The number of amides is 2. The summed E-state index contributed by atoms with van der Waals surface area (Å²) in [5.74, 6) is -0.267. The Morgan fingerprint density at radius 3 is 2.47 bits per heavy atom. The van der Waals surface area contributed by atoms with E-state index in [9.17, 15) is 14.0 Å². The van der Waals surface area contributed by atoms with Crippen LogP contribution < -0.4 is 15.1 Å². The number of carbonyl (C=O) groups is 2. The number of piperazine rings is 1. The average Bonchev–Trinajstić information content (AvgIpc) is 3.42. The van der Waals surface area contributed by atoms with E-state index in [4.69, 9.17) is 0 Å². The molecule has 3 aromatic rings. The Kier molecular flexibility index (Phi) is 6.96. The molecule has 2 aliphatic heterocycles. The molecule has 190 valence electrons. The first kappa shape index (κ1) is 24.3. The molecule has 0 spiro atoms. The maximum absolute atomic E-state index is 13.4. The van der Waals surface area contributed by atoms with E-state index in [0.29, 0.717) is 25.2 Å². The molecule has 0 radical (unpaired) electrons. The van der Waals surface area contributed by atoms with Crippen molar-refractivity contribution >= 4 is 34.1 Å². The zero-order valence-corrected chi connectivity index (χ0v) is 21.1. The van der Waals surface area contributed by atoms with E-state index in [0.717, 1.165) is 73.4 Å². The number of carbonyl (C=O) groups excluding carboxylic acids is 2. The number of nitrogens with one attached hydrogen (secondary N) is 1. The summed E-state index contributed by atoms with van der Waals surface area (Å²) in [5.41, 5.74) is 4.42. The molecule has 0 atom stereocenters. The van der Waals surface area contributed by atoms with E-state index in [1.54, 1.807) is 4.90 Å². The van der Waals surface area contributed by atoms with E-state index in [2.05, 4.69) is 21.2 Å². The number of fused-ring (bicyclic) bond motifs is 1. The number of hydrogen-bond donors (Lipinski definition) is 1. The van der Waals surface area contributed by atoms with E-state index >= 15 is 0 Å². The summed E-state index contributed by atoms with van der Waals surface area (Å²) >= 11 is 0. The number of benzene rings is 2. The SMILES string of the molecule is Cc1ccc2c(c1)c(N1CCCC1=O)c(C(=O)NCCCN1CCN(c3ccc(F)cc3)CC1)n2C. The van der Waals surface area contributed by atoms with E-state index < -0.39 is 0 Å². The van der Waals surface area contributed by atoms with Crippen LogP contribution in [0.2, 0.25) is 0 Å². The smallest absolute Gasteiger partial charge is 0.270 e. The molecule has 1 aromatic heterocycles. The number of hydrogen-bond acceptors (Lipinski definition) is 4. The number of anilines is 2. The molecule has 2 amide bonds. The maximum Gasteiger partial charge on any atom is 0.270 e. The van der Waals surface area contributed by atoms with Crippen LogP contribution in [0.3, 0.4) is 0 Å². The van der Waals surface area contributed by atoms with Gasteiger partial charge in [-0.25, -0.2) is 4.39 Å². The third-order valence-electron chi connectivity index (χ3n) is 7.39. The molecule has 2 aromatic carbocycles. The highest BCUT2D eigenvalue weighted by Crippen LogP contribution is 2.36. The molecule has 36 heavy (non-hydrogen) atoms. The summed E-state index contributed by atoms with van der Waals surface area (Å²) in [6.07, 6.45) is 2.19. The molecule has 0 aliphatic carbocycles. The lowest BCUT2D eigenvalue weighted by Crippen LogP contribution is -2.47. The van der Waals surface area contributed by atoms with Gasteiger partial charge in [0.05, 0.1) is 11.2 Å². The van der Waals surface area contributed by atoms with Crippen LogP contribution in [-0.2, 0) is 11.8 Å². The van der Waals surface area contributed by atoms with Crippen molar-refractivity contribution < 1.29 is 14.0 Å². The number of nitrogens with zero attached hydrogens (tertiary/aromatic N) is 4. The minimum atomic E-state index is -0.211. The lowest BCUT2D eigenvalue weighted by molar-refractivity contribution is -0.117. The largest absolute Gasteiger partial charge is 0.369 e. The van der Waals surface area contributed by atoms with Gasteiger partial charge in [0.15, 0.2) is 0 Å². The van der Waals surface area contributed by atoms with Crippen LogP contribution in [0, 0.1) is 12.7 Å². The third-order valence-corrected chi connectivity index (χ3v) is 7.39. The minimum absolute atomic E-state index is 0.0813. The molecule has 3 heterocycles. The van der Waals surface area contributed by atoms with Crippen molar-refractivity contribution in [2.24, 2.45) is 7.05 Å². The van der Waals surface area contributed by atoms with E-state index in [1.807, 2.05) is 42.8 Å². The molecule has 0 saturated carbocycles. The second-order valence-corrected chi connectivity index (χ2v) is 9.84. The first-order valence-corrected chi connectivity index (χ1v) is 12.8. The third kappa shape index (κ3) is 4.82. The molecular weight excluding hydrogens is 457 g/mol. The number of aryl methyl sites for hydroxylation is 2. The summed E-state index contributed by atoms with van der Waals surface area (Å²) in [5, 5.41) is 4.06. The van der Waals surface area contributed by atoms with Gasteiger partial charge in [-0.05, 0) is 62.7 Å². The van der Waals surface area contributed by atoms with Gasteiger partial charge in [-0.3, -0.25) is 14.5 Å². The zero-order chi connectivity index (χ0) is 25.2. The van der Waals surface area contributed by atoms with Gasteiger partial charge < -0.3 is 19.7 Å². The van der Waals surface area contributed by atoms with Crippen molar-refractivity contribution in [1.82, 2.24) is 14.8 Å². The van der Waals surface area contributed by atoms with Gasteiger partial charge >= 0.3 is 0 Å². The van der Waals surface area contributed by atoms with Crippen molar-refractivity contribution in [2.45, 2.75) is 26.2 Å². The number of rotatable bonds is 7. The number of halogens is 1. The van der Waals surface area contributed by atoms with Crippen molar-refractivity contribution in [2.75, 3.05) is 55.6 Å². The van der Waals surface area contributed by atoms with Gasteiger partial charge in [0.1, 0.15) is 11.5 Å². The van der Waals surface area contributed by atoms with E-state index in [-0.39, 0.29) is 17.6 Å². The second-order valence-electron chi connectivity index (χ2n) is 9.84. The molecule has 1 N–H and O–H groups in total. The Labute approximate surface area is 211 Å². The van der Waals surface area contributed by atoms with Gasteiger partial charge in [-0.1, -0.05) is 11.6 Å². The fourth-order valence-electron chi connectivity index (χ4n) is 5.43. The topological polar surface area (TPSA) is 60.8 Å². The summed E-state index contributed by atoms with van der Waals surface area (Å²) in [4.78, 5) is 32.4. The first-order valence-electron chi connectivity index (χ1n) is 12.8. The molecule has 2 saturated heterocycles.